The van der Waals surface area contributed by atoms with Crippen LogP contribution in [0.3, 0.4) is 0 Å². The summed E-state index contributed by atoms with van der Waals surface area (Å²) >= 11 is 0. The molecule has 5 N–H and O–H groups in total. The third kappa shape index (κ3) is 9.42. The van der Waals surface area contributed by atoms with E-state index in [0.29, 0.717) is 39.8 Å². The summed E-state index contributed by atoms with van der Waals surface area (Å²) in [6, 6.07) is 16.0. The molecule has 2 aromatic carbocycles. The fourth-order valence-corrected chi connectivity index (χ4v) is 5.28. The molecule has 49 heavy (non-hydrogen) atoms. The van der Waals surface area contributed by atoms with Crippen LogP contribution in [0.5, 0.6) is 0 Å². The molecule has 260 valence electrons. The van der Waals surface area contributed by atoms with E-state index in [1.807, 2.05) is 74.1 Å². The van der Waals surface area contributed by atoms with Crippen molar-refractivity contribution in [1.82, 2.24) is 9.89 Å². The molecule has 2 amide bonds. The topological polar surface area (TPSA) is 185 Å². The molecule has 1 atom stereocenters. The summed E-state index contributed by atoms with van der Waals surface area (Å²) in [6.07, 6.45) is -0.366. The first-order valence-electron chi connectivity index (χ1n) is 15.9. The highest BCUT2D eigenvalue weighted by Crippen LogP contribution is 2.42. The molecule has 2 aliphatic rings. The highest BCUT2D eigenvalue weighted by molar-refractivity contribution is 6.09. The van der Waals surface area contributed by atoms with E-state index in [1.54, 1.807) is 6.07 Å². The van der Waals surface area contributed by atoms with Gasteiger partial charge in [0.1, 0.15) is 31.5 Å². The van der Waals surface area contributed by atoms with Gasteiger partial charge in [-0.2, -0.15) is 0 Å². The van der Waals surface area contributed by atoms with Gasteiger partial charge in [0.15, 0.2) is 0 Å². The van der Waals surface area contributed by atoms with Gasteiger partial charge in [0.25, 0.3) is 5.91 Å². The van der Waals surface area contributed by atoms with Crippen LogP contribution in [0.2, 0.25) is 0 Å². The molecule has 4 rings (SSSR count). The molecule has 2 aromatic rings. The number of carbonyl (C=O) groups is 4. The van der Waals surface area contributed by atoms with Crippen molar-refractivity contribution in [2.24, 2.45) is 5.73 Å². The minimum atomic E-state index is -1.13. The molecule has 1 aliphatic carbocycles. The number of rotatable bonds is 16. The summed E-state index contributed by atoms with van der Waals surface area (Å²) in [7, 11) is 7.69. The smallest absolute Gasteiger partial charge is 0.336 e. The number of carboxylic acid groups (broad SMARTS) is 1. The molecule has 0 saturated heterocycles. The maximum atomic E-state index is 13.3. The molecule has 0 bridgehead atoms. The Morgan fingerprint density at radius 1 is 1.00 bits per heavy atom. The molecular weight excluding hydrogens is 632 g/mol. The van der Waals surface area contributed by atoms with Gasteiger partial charge in [0.2, 0.25) is 11.3 Å². The summed E-state index contributed by atoms with van der Waals surface area (Å²) in [6.45, 7) is 0.315. The lowest BCUT2D eigenvalue weighted by molar-refractivity contribution is -0.153. The Kier molecular flexibility index (Phi) is 12.5. The van der Waals surface area contributed by atoms with Gasteiger partial charge < -0.3 is 40.1 Å². The minimum absolute atomic E-state index is 0.0359. The van der Waals surface area contributed by atoms with E-state index in [9.17, 15) is 29.4 Å². The number of nitrogens with two attached hydrogens (primary N) is 1. The van der Waals surface area contributed by atoms with Crippen molar-refractivity contribution in [3.63, 3.8) is 0 Å². The Morgan fingerprint density at radius 2 is 1.78 bits per heavy atom. The molecular formula is C36H43N4O9+. The molecule has 0 spiro atoms. The lowest BCUT2D eigenvalue weighted by Crippen LogP contribution is -2.27. The number of benzene rings is 3. The SMILES string of the molecule is CN(C)c1ccc2c(-c3cc(C(=O)NCCCOCC(CCO)OC(=O)CCC(N)=O)ccc3C(=O)O)c3ccc(=[N+](C)C)cc-3oc2c1. The number of ether oxygens (including phenoxy) is 2. The van der Waals surface area contributed by atoms with Gasteiger partial charge in [-0.05, 0) is 48.4 Å². The van der Waals surface area contributed by atoms with Crippen LogP contribution >= 0.6 is 0 Å². The van der Waals surface area contributed by atoms with Gasteiger partial charge in [-0.15, -0.1) is 0 Å². The van der Waals surface area contributed by atoms with E-state index < -0.39 is 29.9 Å². The largest absolute Gasteiger partial charge is 0.478 e. The molecule has 1 aliphatic heterocycles. The molecule has 1 heterocycles. The van der Waals surface area contributed by atoms with Crippen LogP contribution in [0.4, 0.5) is 5.69 Å². The Morgan fingerprint density at radius 3 is 2.45 bits per heavy atom. The first-order valence-corrected chi connectivity index (χ1v) is 15.9. The van der Waals surface area contributed by atoms with Crippen molar-refractivity contribution < 1.29 is 43.3 Å². The van der Waals surface area contributed by atoms with Gasteiger partial charge in [-0.3, -0.25) is 14.4 Å². The van der Waals surface area contributed by atoms with Crippen LogP contribution in [0.15, 0.2) is 59.0 Å². The summed E-state index contributed by atoms with van der Waals surface area (Å²) in [5.74, 6) is -2.17. The fraction of sp³-hybridized carbons (Fsp3) is 0.361. The number of fused-ring (bicyclic) bond motifs is 2. The molecule has 1 unspecified atom stereocenters. The highest BCUT2D eigenvalue weighted by Gasteiger charge is 2.24. The van der Waals surface area contributed by atoms with E-state index >= 15 is 0 Å². The van der Waals surface area contributed by atoms with Crippen molar-refractivity contribution in [2.45, 2.75) is 31.8 Å². The number of esters is 1. The van der Waals surface area contributed by atoms with Crippen LogP contribution < -0.4 is 25.9 Å². The maximum absolute atomic E-state index is 13.3. The molecule has 13 nitrogen and oxygen atoms in total. The number of aliphatic hydroxyl groups excluding tert-OH is 1. The van der Waals surface area contributed by atoms with Gasteiger partial charge in [0, 0.05) is 86.6 Å². The van der Waals surface area contributed by atoms with Crippen LogP contribution in [0.25, 0.3) is 33.4 Å². The summed E-state index contributed by atoms with van der Waals surface area (Å²) < 4.78 is 19.2. The van der Waals surface area contributed by atoms with E-state index in [2.05, 4.69) is 5.32 Å². The molecule has 0 radical (unpaired) electrons. The quantitative estimate of drug-likeness (QED) is 0.0596. The molecule has 0 saturated carbocycles. The first kappa shape index (κ1) is 36.6. The van der Waals surface area contributed by atoms with Gasteiger partial charge in [-0.1, -0.05) is 0 Å². The van der Waals surface area contributed by atoms with Crippen molar-refractivity contribution in [3.05, 3.63) is 71.1 Å². The average molecular weight is 676 g/mol. The van der Waals surface area contributed by atoms with Crippen molar-refractivity contribution in [1.29, 1.82) is 0 Å². The number of hydrogen-bond donors (Lipinski definition) is 4. The average Bonchev–Trinajstić information content (AvgIpc) is 3.06. The number of anilines is 1. The molecule has 0 fully saturated rings. The second kappa shape index (κ2) is 16.7. The second-order valence-electron chi connectivity index (χ2n) is 12.0. The Labute approximate surface area is 283 Å². The summed E-state index contributed by atoms with van der Waals surface area (Å²) in [5, 5.41) is 23.9. The number of hydrogen-bond acceptors (Lipinski definition) is 9. The van der Waals surface area contributed by atoms with Crippen molar-refractivity contribution in [3.8, 4) is 22.5 Å². The lowest BCUT2D eigenvalue weighted by atomic mass is 9.89. The number of nitrogens with zero attached hydrogens (tertiary/aromatic N) is 2. The van der Waals surface area contributed by atoms with E-state index in [4.69, 9.17) is 19.6 Å². The lowest BCUT2D eigenvalue weighted by Gasteiger charge is -2.19. The third-order valence-corrected chi connectivity index (χ3v) is 7.88. The van der Waals surface area contributed by atoms with Gasteiger partial charge in [0.05, 0.1) is 24.7 Å². The zero-order chi connectivity index (χ0) is 35.7. The molecule has 13 heteroatoms. The number of carbonyl (C=O) groups excluding carboxylic acids is 3. The monoisotopic (exact) mass is 675 g/mol. The number of nitrogens with one attached hydrogen (secondary N) is 1. The van der Waals surface area contributed by atoms with E-state index in [0.717, 1.165) is 11.0 Å². The number of aliphatic hydroxyl groups is 1. The normalized spacial score (nSPS) is 11.7. The number of aromatic carboxylic acids is 1. The summed E-state index contributed by atoms with van der Waals surface area (Å²) in [5.41, 5.74) is 8.58. The van der Waals surface area contributed by atoms with Crippen LogP contribution in [0, 0.1) is 0 Å². The van der Waals surface area contributed by atoms with Crippen molar-refractivity contribution >= 4 is 40.4 Å². The first-order chi connectivity index (χ1) is 23.4. The van der Waals surface area contributed by atoms with Crippen LogP contribution in [-0.2, 0) is 19.1 Å². The predicted molar refractivity (Wildman–Crippen MR) is 184 cm³/mol. The minimum Gasteiger partial charge on any atom is -0.478 e. The zero-order valence-electron chi connectivity index (χ0n) is 28.2. The Balaban J connectivity index is 1.54. The third-order valence-electron chi connectivity index (χ3n) is 7.88. The Hall–Kier alpha value is -5.27. The van der Waals surface area contributed by atoms with Gasteiger partial charge in [-0.25, -0.2) is 9.37 Å². The summed E-state index contributed by atoms with van der Waals surface area (Å²) in [4.78, 5) is 50.5. The number of amides is 2. The number of primary amides is 1. The van der Waals surface area contributed by atoms with Crippen molar-refractivity contribution in [2.75, 3.05) is 59.5 Å². The van der Waals surface area contributed by atoms with Crippen LogP contribution in [-0.4, -0.2) is 94.6 Å². The van der Waals surface area contributed by atoms with E-state index in [-0.39, 0.29) is 56.8 Å². The second-order valence-corrected chi connectivity index (χ2v) is 12.0. The standard InChI is InChI=1S/C36H42N4O9/c1-39(2)23-7-10-27-30(19-23)49-31-20-24(40(3)4)8-11-28(31)34(27)29-18-22(6-9-26(29)36(45)46)35(44)38-15-5-17-47-21-25(14-16-41)48-33(43)13-12-32(37)42/h6-11,18-20,25,41H,5,12-17,21H2,1-4H3,(H3-,37,38,42,44,45,46)/p+1. The molecule has 0 aromatic heterocycles. The van der Waals surface area contributed by atoms with E-state index in [1.165, 1.54) is 12.1 Å². The van der Waals surface area contributed by atoms with Gasteiger partial charge >= 0.3 is 11.9 Å². The highest BCUT2D eigenvalue weighted by atomic mass is 16.6. The fourth-order valence-electron chi connectivity index (χ4n) is 5.28. The predicted octanol–water partition coefficient (Wildman–Crippen LogP) is 2.70. The maximum Gasteiger partial charge on any atom is 0.336 e. The Bertz CT molecular complexity index is 1880. The zero-order valence-corrected chi connectivity index (χ0v) is 28.2. The number of carboxylic acids is 1. The van der Waals surface area contributed by atoms with Crippen LogP contribution in [0.1, 0.15) is 46.4 Å².